The number of esters is 1. The van der Waals surface area contributed by atoms with Crippen LogP contribution in [0.5, 0.6) is 0 Å². The van der Waals surface area contributed by atoms with Crippen LogP contribution in [0.3, 0.4) is 0 Å². The zero-order valence-electron chi connectivity index (χ0n) is 10.5. The third-order valence-corrected chi connectivity index (χ3v) is 3.02. The van der Waals surface area contributed by atoms with Crippen LogP contribution >= 0.6 is 0 Å². The van der Waals surface area contributed by atoms with E-state index in [1.807, 2.05) is 12.1 Å². The molecule has 1 atom stereocenters. The standard InChI is InChI=1S/C13H13N3O3/c1-8(13(17)18-2)10-5-3-4-9-7-19-12(15-16-14)6-11(9)10/h3-5,12H,1,6-7H2,2H3. The molecule has 0 aromatic heterocycles. The minimum atomic E-state index is -0.552. The number of benzene rings is 1. The highest BCUT2D eigenvalue weighted by molar-refractivity contribution is 6.16. The summed E-state index contributed by atoms with van der Waals surface area (Å²) in [7, 11) is 1.31. The summed E-state index contributed by atoms with van der Waals surface area (Å²) in [5.74, 6) is -0.472. The van der Waals surface area contributed by atoms with Gasteiger partial charge in [0.05, 0.1) is 19.3 Å². The summed E-state index contributed by atoms with van der Waals surface area (Å²) in [6.45, 7) is 4.10. The molecule has 0 N–H and O–H groups in total. The Morgan fingerprint density at radius 2 is 2.42 bits per heavy atom. The molecule has 1 unspecified atom stereocenters. The molecule has 6 heteroatoms. The van der Waals surface area contributed by atoms with Crippen LogP contribution in [0, 0.1) is 0 Å². The molecule has 0 saturated heterocycles. The second kappa shape index (κ2) is 5.56. The summed E-state index contributed by atoms with van der Waals surface area (Å²) in [6, 6.07) is 5.55. The van der Waals surface area contributed by atoms with Gasteiger partial charge in [-0.15, -0.1) is 0 Å². The van der Waals surface area contributed by atoms with Gasteiger partial charge in [-0.3, -0.25) is 0 Å². The van der Waals surface area contributed by atoms with Gasteiger partial charge in [-0.1, -0.05) is 29.9 Å². The third kappa shape index (κ3) is 2.59. The van der Waals surface area contributed by atoms with Gasteiger partial charge in [0.2, 0.25) is 0 Å². The highest BCUT2D eigenvalue weighted by Crippen LogP contribution is 2.28. The van der Waals surface area contributed by atoms with Gasteiger partial charge in [-0.05, 0) is 22.2 Å². The van der Waals surface area contributed by atoms with E-state index < -0.39 is 12.2 Å². The first-order valence-corrected chi connectivity index (χ1v) is 5.71. The van der Waals surface area contributed by atoms with Crippen molar-refractivity contribution in [2.45, 2.75) is 19.3 Å². The van der Waals surface area contributed by atoms with E-state index in [0.717, 1.165) is 11.1 Å². The molecule has 0 saturated carbocycles. The van der Waals surface area contributed by atoms with Crippen LogP contribution in [0.1, 0.15) is 16.7 Å². The Balaban J connectivity index is 2.40. The molecular formula is C13H13N3O3. The molecule has 1 heterocycles. The molecule has 98 valence electrons. The topological polar surface area (TPSA) is 84.3 Å². The fourth-order valence-corrected chi connectivity index (χ4v) is 2.08. The van der Waals surface area contributed by atoms with Crippen molar-refractivity contribution in [1.82, 2.24) is 0 Å². The highest BCUT2D eigenvalue weighted by Gasteiger charge is 2.23. The number of hydrogen-bond acceptors (Lipinski definition) is 4. The lowest BCUT2D eigenvalue weighted by atomic mass is 9.92. The number of carbonyl (C=O) groups excluding carboxylic acids is 1. The zero-order chi connectivity index (χ0) is 13.8. The van der Waals surface area contributed by atoms with E-state index in [4.69, 9.17) is 10.3 Å². The second-order valence-corrected chi connectivity index (χ2v) is 4.09. The van der Waals surface area contributed by atoms with Gasteiger partial charge in [-0.2, -0.15) is 0 Å². The third-order valence-electron chi connectivity index (χ3n) is 3.02. The molecule has 1 aliphatic heterocycles. The first-order chi connectivity index (χ1) is 9.17. The quantitative estimate of drug-likeness (QED) is 0.275. The van der Waals surface area contributed by atoms with Gasteiger partial charge in [0.25, 0.3) is 0 Å². The number of rotatable bonds is 3. The fraction of sp³-hybridized carbons (Fsp3) is 0.308. The molecule has 1 aromatic rings. The van der Waals surface area contributed by atoms with Crippen LogP contribution in [0.15, 0.2) is 29.9 Å². The van der Waals surface area contributed by atoms with Gasteiger partial charge in [0, 0.05) is 11.3 Å². The molecule has 0 bridgehead atoms. The van der Waals surface area contributed by atoms with Gasteiger partial charge >= 0.3 is 5.97 Å². The maximum atomic E-state index is 11.6. The number of carbonyl (C=O) groups is 1. The van der Waals surface area contributed by atoms with Gasteiger partial charge in [0.1, 0.15) is 6.23 Å². The minimum Gasteiger partial charge on any atom is -0.465 e. The van der Waals surface area contributed by atoms with Crippen LogP contribution < -0.4 is 0 Å². The minimum absolute atomic E-state index is 0.293. The summed E-state index contributed by atoms with van der Waals surface area (Å²) in [5, 5.41) is 3.56. The van der Waals surface area contributed by atoms with Crippen LogP contribution in [0.2, 0.25) is 0 Å². The Kier molecular flexibility index (Phi) is 3.85. The molecule has 0 fully saturated rings. The lowest BCUT2D eigenvalue weighted by Gasteiger charge is -2.24. The SMILES string of the molecule is C=C(C(=O)OC)c1cccc2c1CC(N=[N+]=[N-])OC2. The Bertz CT molecular complexity index is 576. The Labute approximate surface area is 110 Å². The molecule has 1 aliphatic rings. The van der Waals surface area contributed by atoms with Crippen molar-refractivity contribution in [3.63, 3.8) is 0 Å². The number of nitrogens with zero attached hydrogens (tertiary/aromatic N) is 3. The Morgan fingerprint density at radius 3 is 3.11 bits per heavy atom. The first kappa shape index (κ1) is 13.1. The number of methoxy groups -OCH3 is 1. The van der Waals surface area contributed by atoms with Crippen molar-refractivity contribution < 1.29 is 14.3 Å². The predicted octanol–water partition coefficient (Wildman–Crippen LogP) is 2.58. The van der Waals surface area contributed by atoms with Gasteiger partial charge in [0.15, 0.2) is 0 Å². The molecule has 19 heavy (non-hydrogen) atoms. The van der Waals surface area contributed by atoms with Gasteiger partial charge in [-0.25, -0.2) is 4.79 Å². The van der Waals surface area contributed by atoms with Crippen molar-refractivity contribution >= 4 is 11.5 Å². The molecule has 0 radical (unpaired) electrons. The molecule has 0 aliphatic carbocycles. The van der Waals surface area contributed by atoms with E-state index in [2.05, 4.69) is 21.3 Å². The van der Waals surface area contributed by atoms with E-state index >= 15 is 0 Å². The highest BCUT2D eigenvalue weighted by atomic mass is 16.5. The monoisotopic (exact) mass is 259 g/mol. The molecule has 2 rings (SSSR count). The average Bonchev–Trinajstić information content (AvgIpc) is 2.45. The normalized spacial score (nSPS) is 17.0. The largest absolute Gasteiger partial charge is 0.465 e. The van der Waals surface area contributed by atoms with Crippen molar-refractivity contribution in [3.05, 3.63) is 51.9 Å². The summed E-state index contributed by atoms with van der Waals surface area (Å²) in [4.78, 5) is 14.3. The second-order valence-electron chi connectivity index (χ2n) is 4.09. The average molecular weight is 259 g/mol. The number of hydrogen-bond donors (Lipinski definition) is 0. The van der Waals surface area contributed by atoms with Crippen LogP contribution in [0.4, 0.5) is 0 Å². The van der Waals surface area contributed by atoms with Crippen molar-refractivity contribution in [2.75, 3.05) is 7.11 Å². The summed E-state index contributed by atoms with van der Waals surface area (Å²) < 4.78 is 10.1. The number of fused-ring (bicyclic) bond motifs is 1. The lowest BCUT2D eigenvalue weighted by Crippen LogP contribution is -2.21. The van der Waals surface area contributed by atoms with E-state index in [-0.39, 0.29) is 0 Å². The van der Waals surface area contributed by atoms with Crippen molar-refractivity contribution in [2.24, 2.45) is 5.11 Å². The zero-order valence-corrected chi connectivity index (χ0v) is 10.5. The van der Waals surface area contributed by atoms with Crippen molar-refractivity contribution in [1.29, 1.82) is 0 Å². The van der Waals surface area contributed by atoms with Crippen molar-refractivity contribution in [3.8, 4) is 0 Å². The molecular weight excluding hydrogens is 246 g/mol. The maximum Gasteiger partial charge on any atom is 0.337 e. The predicted molar refractivity (Wildman–Crippen MR) is 68.9 cm³/mol. The Morgan fingerprint density at radius 1 is 1.63 bits per heavy atom. The first-order valence-electron chi connectivity index (χ1n) is 5.71. The summed E-state index contributed by atoms with van der Waals surface area (Å²) in [5.41, 5.74) is 11.3. The van der Waals surface area contributed by atoms with Crippen LogP contribution in [-0.4, -0.2) is 19.3 Å². The van der Waals surface area contributed by atoms with Gasteiger partial charge < -0.3 is 9.47 Å². The van der Waals surface area contributed by atoms with Crippen LogP contribution in [0.25, 0.3) is 16.0 Å². The molecule has 1 aromatic carbocycles. The maximum absolute atomic E-state index is 11.6. The lowest BCUT2D eigenvalue weighted by molar-refractivity contribution is -0.133. The van der Waals surface area contributed by atoms with E-state index in [1.165, 1.54) is 7.11 Å². The smallest absolute Gasteiger partial charge is 0.337 e. The van der Waals surface area contributed by atoms with Crippen LogP contribution in [-0.2, 0) is 27.3 Å². The molecule has 0 spiro atoms. The summed E-state index contributed by atoms with van der Waals surface area (Å²) >= 11 is 0. The number of ether oxygens (including phenoxy) is 2. The van der Waals surface area contributed by atoms with E-state index in [9.17, 15) is 4.79 Å². The molecule has 6 nitrogen and oxygen atoms in total. The fourth-order valence-electron chi connectivity index (χ4n) is 2.08. The van der Waals surface area contributed by atoms with E-state index in [0.29, 0.717) is 24.2 Å². The Hall–Kier alpha value is -2.30. The number of azide groups is 1. The molecule has 0 amide bonds. The van der Waals surface area contributed by atoms with E-state index in [1.54, 1.807) is 6.07 Å². The summed E-state index contributed by atoms with van der Waals surface area (Å²) in [6.07, 6.45) is -0.130.